The van der Waals surface area contributed by atoms with Gasteiger partial charge in [0.25, 0.3) is 17.7 Å². The normalized spacial score (nSPS) is 14.7. The highest BCUT2D eigenvalue weighted by Gasteiger charge is 2.39. The van der Waals surface area contributed by atoms with Crippen molar-refractivity contribution in [1.29, 1.82) is 0 Å². The van der Waals surface area contributed by atoms with E-state index in [1.165, 1.54) is 17.0 Å². The molecule has 3 amide bonds. The van der Waals surface area contributed by atoms with Gasteiger partial charge in [-0.3, -0.25) is 14.4 Å². The number of sulfone groups is 1. The molecule has 0 aromatic heterocycles. The maximum absolute atomic E-state index is 13.5. The summed E-state index contributed by atoms with van der Waals surface area (Å²) in [6, 6.07) is 23.2. The van der Waals surface area contributed by atoms with Crippen LogP contribution in [0.1, 0.15) is 26.3 Å². The summed E-state index contributed by atoms with van der Waals surface area (Å²) in [5, 5.41) is 0.669. The first-order chi connectivity index (χ1) is 17.3. The lowest BCUT2D eigenvalue weighted by molar-refractivity contribution is -0.132. The van der Waals surface area contributed by atoms with Crippen molar-refractivity contribution in [2.24, 2.45) is 0 Å². The average molecular weight is 506 g/mol. The molecule has 9 heteroatoms. The number of carbonyl (C=O) groups is 3. The van der Waals surface area contributed by atoms with Crippen LogP contribution < -0.4 is 5.32 Å². The van der Waals surface area contributed by atoms with Gasteiger partial charge in [0.2, 0.25) is 15.2 Å². The smallest absolute Gasteiger partial charge is 0.261 e. The minimum atomic E-state index is -4.24. The largest absolute Gasteiger partial charge is 0.336 e. The maximum Gasteiger partial charge on any atom is 0.261 e. The maximum atomic E-state index is 13.5. The van der Waals surface area contributed by atoms with E-state index in [1.54, 1.807) is 78.6 Å². The molecule has 0 bridgehead atoms. The monoisotopic (exact) mass is 505 g/mol. The standard InChI is InChI=1S/C27H27N3O5S/c1-20-10-8-9-15-23(20)24(31)28-25(36(34,35)22-13-6-3-7-14-22)27(33)30-18-16-29(17-19-30)26(32)21-11-4-2-5-12-21/h2-15,25H,16-19H2,1H3,(H,28,31)/t25-/m1/s1. The molecule has 0 aliphatic carbocycles. The Labute approximate surface area is 210 Å². The number of carbonyl (C=O) groups excluding carboxylic acids is 3. The molecule has 4 rings (SSSR count). The molecule has 0 radical (unpaired) electrons. The molecule has 3 aromatic carbocycles. The van der Waals surface area contributed by atoms with Crippen molar-refractivity contribution in [3.8, 4) is 0 Å². The van der Waals surface area contributed by atoms with Gasteiger partial charge in [-0.25, -0.2) is 8.42 Å². The van der Waals surface area contributed by atoms with E-state index in [1.807, 2.05) is 6.07 Å². The predicted octanol–water partition coefficient (Wildman–Crippen LogP) is 2.51. The second kappa shape index (κ2) is 10.7. The molecule has 8 nitrogen and oxygen atoms in total. The van der Waals surface area contributed by atoms with Crippen LogP contribution in [0.2, 0.25) is 0 Å². The van der Waals surface area contributed by atoms with Crippen LogP contribution in [0.15, 0.2) is 89.8 Å². The van der Waals surface area contributed by atoms with E-state index < -0.39 is 27.0 Å². The van der Waals surface area contributed by atoms with Gasteiger partial charge in [-0.2, -0.15) is 0 Å². The molecule has 1 fully saturated rings. The Morgan fingerprint density at radius 1 is 0.750 bits per heavy atom. The first kappa shape index (κ1) is 25.1. The number of nitrogens with zero attached hydrogens (tertiary/aromatic N) is 2. The molecule has 186 valence electrons. The molecular formula is C27H27N3O5S. The second-order valence-corrected chi connectivity index (χ2v) is 10.5. The fourth-order valence-corrected chi connectivity index (χ4v) is 5.59. The van der Waals surface area contributed by atoms with Crippen molar-refractivity contribution in [2.45, 2.75) is 17.2 Å². The van der Waals surface area contributed by atoms with Gasteiger partial charge >= 0.3 is 0 Å². The Morgan fingerprint density at radius 3 is 1.89 bits per heavy atom. The van der Waals surface area contributed by atoms with Crippen LogP contribution in [-0.2, 0) is 14.6 Å². The summed E-state index contributed by atoms with van der Waals surface area (Å²) in [6.07, 6.45) is 0. The summed E-state index contributed by atoms with van der Waals surface area (Å²) >= 11 is 0. The van der Waals surface area contributed by atoms with Crippen LogP contribution in [0.4, 0.5) is 0 Å². The van der Waals surface area contributed by atoms with Crippen molar-refractivity contribution in [3.63, 3.8) is 0 Å². The Hall–Kier alpha value is -3.98. The Kier molecular flexibility index (Phi) is 7.49. The van der Waals surface area contributed by atoms with E-state index in [-0.39, 0.29) is 42.5 Å². The highest BCUT2D eigenvalue weighted by molar-refractivity contribution is 7.92. The number of benzene rings is 3. The summed E-state index contributed by atoms with van der Waals surface area (Å²) < 4.78 is 27.0. The SMILES string of the molecule is Cc1ccccc1C(=O)N[C@@H](C(=O)N1CCN(C(=O)c2ccccc2)CC1)S(=O)(=O)c1ccccc1. The molecule has 0 saturated carbocycles. The zero-order chi connectivity index (χ0) is 25.7. The van der Waals surface area contributed by atoms with Gasteiger partial charge in [0.05, 0.1) is 4.90 Å². The fraction of sp³-hybridized carbons (Fsp3) is 0.222. The molecule has 1 N–H and O–H groups in total. The van der Waals surface area contributed by atoms with Crippen molar-refractivity contribution in [1.82, 2.24) is 15.1 Å². The minimum Gasteiger partial charge on any atom is -0.336 e. The lowest BCUT2D eigenvalue weighted by Crippen LogP contribution is -2.57. The van der Waals surface area contributed by atoms with Crippen molar-refractivity contribution >= 4 is 27.6 Å². The summed E-state index contributed by atoms with van der Waals surface area (Å²) in [4.78, 5) is 42.3. The predicted molar refractivity (Wildman–Crippen MR) is 135 cm³/mol. The fourth-order valence-electron chi connectivity index (χ4n) is 4.10. The van der Waals surface area contributed by atoms with Gasteiger partial charge in [-0.1, -0.05) is 54.6 Å². The average Bonchev–Trinajstić information content (AvgIpc) is 2.92. The van der Waals surface area contributed by atoms with E-state index in [9.17, 15) is 22.8 Å². The first-order valence-electron chi connectivity index (χ1n) is 11.6. The Morgan fingerprint density at radius 2 is 1.28 bits per heavy atom. The van der Waals surface area contributed by atoms with Crippen LogP contribution in [0, 0.1) is 6.92 Å². The zero-order valence-electron chi connectivity index (χ0n) is 19.8. The number of aryl methyl sites for hydroxylation is 1. The van der Waals surface area contributed by atoms with Gasteiger partial charge in [-0.15, -0.1) is 0 Å². The molecule has 1 aliphatic heterocycles. The van der Waals surface area contributed by atoms with E-state index >= 15 is 0 Å². The quantitative estimate of drug-likeness (QED) is 0.555. The number of amides is 3. The van der Waals surface area contributed by atoms with Gasteiger partial charge in [-0.05, 0) is 42.8 Å². The number of rotatable bonds is 6. The third-order valence-corrected chi connectivity index (χ3v) is 8.03. The summed E-state index contributed by atoms with van der Waals surface area (Å²) in [6.45, 7) is 2.55. The number of hydrogen-bond donors (Lipinski definition) is 1. The summed E-state index contributed by atoms with van der Waals surface area (Å²) in [5.74, 6) is -1.53. The van der Waals surface area contributed by atoms with Crippen molar-refractivity contribution in [2.75, 3.05) is 26.2 Å². The van der Waals surface area contributed by atoms with Crippen LogP contribution in [0.5, 0.6) is 0 Å². The molecular weight excluding hydrogens is 478 g/mol. The molecule has 36 heavy (non-hydrogen) atoms. The Bertz CT molecular complexity index is 1350. The number of piperazine rings is 1. The summed E-state index contributed by atoms with van der Waals surface area (Å²) in [7, 11) is -4.24. The molecule has 1 aliphatic rings. The zero-order valence-corrected chi connectivity index (χ0v) is 20.6. The second-order valence-electron chi connectivity index (χ2n) is 8.51. The lowest BCUT2D eigenvalue weighted by Gasteiger charge is -2.36. The third kappa shape index (κ3) is 5.31. The van der Waals surface area contributed by atoms with E-state index in [0.717, 1.165) is 0 Å². The molecule has 1 atom stereocenters. The van der Waals surface area contributed by atoms with Gasteiger partial charge in [0, 0.05) is 37.3 Å². The first-order valence-corrected chi connectivity index (χ1v) is 13.1. The van der Waals surface area contributed by atoms with E-state index in [2.05, 4.69) is 5.32 Å². The van der Waals surface area contributed by atoms with E-state index in [4.69, 9.17) is 0 Å². The highest BCUT2D eigenvalue weighted by atomic mass is 32.2. The molecule has 1 heterocycles. The highest BCUT2D eigenvalue weighted by Crippen LogP contribution is 2.19. The van der Waals surface area contributed by atoms with Crippen LogP contribution in [0.3, 0.4) is 0 Å². The Balaban J connectivity index is 1.56. The van der Waals surface area contributed by atoms with Crippen LogP contribution in [0.25, 0.3) is 0 Å². The van der Waals surface area contributed by atoms with Gasteiger partial charge < -0.3 is 15.1 Å². The molecule has 1 saturated heterocycles. The van der Waals surface area contributed by atoms with Crippen molar-refractivity contribution in [3.05, 3.63) is 102 Å². The number of nitrogens with one attached hydrogen (secondary N) is 1. The molecule has 3 aromatic rings. The third-order valence-electron chi connectivity index (χ3n) is 6.16. The van der Waals surface area contributed by atoms with E-state index in [0.29, 0.717) is 11.1 Å². The molecule has 0 unspecified atom stereocenters. The topological polar surface area (TPSA) is 104 Å². The van der Waals surface area contributed by atoms with Crippen LogP contribution >= 0.6 is 0 Å². The van der Waals surface area contributed by atoms with Crippen molar-refractivity contribution < 1.29 is 22.8 Å². The van der Waals surface area contributed by atoms with Gasteiger partial charge in [0.1, 0.15) is 0 Å². The minimum absolute atomic E-state index is 0.0636. The van der Waals surface area contributed by atoms with Gasteiger partial charge in [0.15, 0.2) is 0 Å². The van der Waals surface area contributed by atoms with Crippen LogP contribution in [-0.4, -0.2) is 67.5 Å². The summed E-state index contributed by atoms with van der Waals surface area (Å²) in [5.41, 5.74) is 1.50. The molecule has 0 spiro atoms. The lowest BCUT2D eigenvalue weighted by atomic mass is 10.1. The number of hydrogen-bond acceptors (Lipinski definition) is 5.